The summed E-state index contributed by atoms with van der Waals surface area (Å²) in [6.45, 7) is 4.10. The number of unbranched alkanes of at least 4 members (excludes halogenated alkanes) is 49. The van der Waals surface area contributed by atoms with Crippen LogP contribution in [-0.2, 0) is 4.79 Å². The van der Waals surface area contributed by atoms with Crippen LogP contribution in [0.15, 0.2) is 12.2 Å². The smallest absolute Gasteiger partial charge is 0.249 e. The molecule has 0 radical (unpaired) electrons. The van der Waals surface area contributed by atoms with Crippen molar-refractivity contribution in [3.05, 3.63) is 12.2 Å². The predicted molar refractivity (Wildman–Crippen MR) is 307 cm³/mol. The molecule has 0 aliphatic rings. The predicted octanol–water partition coefficient (Wildman–Crippen LogP) is 19.2. The maximum absolute atomic E-state index is 12.6. The number of nitrogens with one attached hydrogen (secondary N) is 1. The van der Waals surface area contributed by atoms with Crippen LogP contribution in [0.5, 0.6) is 0 Å². The Labute approximate surface area is 438 Å². The number of hydrogen-bond acceptors (Lipinski definition) is 5. The molecule has 5 N–H and O–H groups in total. The molecule has 0 aliphatic carbocycles. The van der Waals surface area contributed by atoms with Gasteiger partial charge in [-0.15, -0.1) is 0 Å². The number of allylic oxidation sites excluding steroid dienone is 2. The Balaban J connectivity index is 3.55. The van der Waals surface area contributed by atoms with E-state index in [2.05, 4.69) is 31.3 Å². The molecule has 6 nitrogen and oxygen atoms in total. The summed E-state index contributed by atoms with van der Waals surface area (Å²) in [7, 11) is 0. The fourth-order valence-electron chi connectivity index (χ4n) is 10.5. The fourth-order valence-corrected chi connectivity index (χ4v) is 10.5. The second kappa shape index (κ2) is 58.9. The number of amides is 1. The standard InChI is InChI=1S/C64H127NO5/c1-3-5-7-9-11-13-15-17-19-21-23-25-27-28-29-30-31-32-33-34-36-37-39-41-43-45-47-49-51-53-55-57-61(67)63(69)60(59-66)65-64(70)62(68)58-56-54-52-50-48-46-44-42-40-38-35-26-24-22-20-18-16-14-12-10-8-6-4-2/h38,40,60-63,66-69H,3-37,39,41-59H2,1-2H3,(H,65,70)/b40-38-. The van der Waals surface area contributed by atoms with Crippen LogP contribution in [0.2, 0.25) is 0 Å². The van der Waals surface area contributed by atoms with Gasteiger partial charge in [0.2, 0.25) is 5.91 Å². The first kappa shape index (κ1) is 69.0. The van der Waals surface area contributed by atoms with Gasteiger partial charge in [-0.1, -0.05) is 334 Å². The van der Waals surface area contributed by atoms with E-state index in [-0.39, 0.29) is 0 Å². The number of aliphatic hydroxyl groups excluding tert-OH is 4. The number of aliphatic hydroxyl groups is 4. The largest absolute Gasteiger partial charge is 0.394 e. The van der Waals surface area contributed by atoms with Crippen molar-refractivity contribution >= 4 is 5.91 Å². The Morgan fingerprint density at radius 3 is 0.829 bits per heavy atom. The molecule has 0 aromatic heterocycles. The lowest BCUT2D eigenvalue weighted by Crippen LogP contribution is -2.53. The fraction of sp³-hybridized carbons (Fsp3) is 0.953. The summed E-state index contributed by atoms with van der Waals surface area (Å²) >= 11 is 0. The molecule has 0 spiro atoms. The summed E-state index contributed by atoms with van der Waals surface area (Å²) in [5.41, 5.74) is 0. The third kappa shape index (κ3) is 51.9. The maximum atomic E-state index is 12.6. The quantitative estimate of drug-likeness (QED) is 0.0308. The molecule has 0 fully saturated rings. The maximum Gasteiger partial charge on any atom is 0.249 e. The zero-order valence-electron chi connectivity index (χ0n) is 47.6. The number of carbonyl (C=O) groups excluding carboxylic acids is 1. The summed E-state index contributed by atoms with van der Waals surface area (Å²) < 4.78 is 0. The van der Waals surface area contributed by atoms with Crippen LogP contribution in [0.3, 0.4) is 0 Å². The van der Waals surface area contributed by atoms with Crippen molar-refractivity contribution in [1.82, 2.24) is 5.32 Å². The van der Waals surface area contributed by atoms with Crippen LogP contribution >= 0.6 is 0 Å². The van der Waals surface area contributed by atoms with E-state index in [1.54, 1.807) is 0 Å². The van der Waals surface area contributed by atoms with Crippen LogP contribution in [0.1, 0.15) is 361 Å². The van der Waals surface area contributed by atoms with E-state index in [0.717, 1.165) is 38.5 Å². The lowest BCUT2D eigenvalue weighted by molar-refractivity contribution is -0.132. The minimum absolute atomic E-state index is 0.367. The highest BCUT2D eigenvalue weighted by Crippen LogP contribution is 2.19. The van der Waals surface area contributed by atoms with Gasteiger partial charge in [0.05, 0.1) is 18.8 Å². The van der Waals surface area contributed by atoms with Gasteiger partial charge in [0.25, 0.3) is 0 Å². The molecule has 0 saturated carbocycles. The Kier molecular flexibility index (Phi) is 58.1. The van der Waals surface area contributed by atoms with Crippen molar-refractivity contribution in [3.63, 3.8) is 0 Å². The number of hydrogen-bond donors (Lipinski definition) is 5. The number of rotatable bonds is 60. The lowest BCUT2D eigenvalue weighted by Gasteiger charge is -2.27. The summed E-state index contributed by atoms with van der Waals surface area (Å²) in [4.78, 5) is 12.6. The molecular formula is C64H127NO5. The molecule has 6 heteroatoms. The van der Waals surface area contributed by atoms with E-state index in [9.17, 15) is 25.2 Å². The molecule has 418 valence electrons. The average molecular weight is 991 g/mol. The topological polar surface area (TPSA) is 110 Å². The molecule has 0 aromatic carbocycles. The molecule has 0 heterocycles. The molecule has 0 aliphatic heterocycles. The van der Waals surface area contributed by atoms with Crippen molar-refractivity contribution in [2.45, 2.75) is 385 Å². The molecule has 4 atom stereocenters. The Morgan fingerprint density at radius 2 is 0.571 bits per heavy atom. The summed E-state index contributed by atoms with van der Waals surface area (Å²) in [5, 5.41) is 44.2. The molecule has 0 saturated heterocycles. The summed E-state index contributed by atoms with van der Waals surface area (Å²) in [5.74, 6) is -0.580. The molecule has 0 bridgehead atoms. The van der Waals surface area contributed by atoms with Crippen LogP contribution in [0, 0.1) is 0 Å². The van der Waals surface area contributed by atoms with E-state index < -0.39 is 36.9 Å². The van der Waals surface area contributed by atoms with Gasteiger partial charge in [0, 0.05) is 0 Å². The second-order valence-corrected chi connectivity index (χ2v) is 22.5. The second-order valence-electron chi connectivity index (χ2n) is 22.5. The molecule has 0 aromatic rings. The normalized spacial score (nSPS) is 13.6. The Hall–Kier alpha value is -0.950. The zero-order chi connectivity index (χ0) is 50.9. The first-order valence-corrected chi connectivity index (χ1v) is 32.1. The minimum Gasteiger partial charge on any atom is -0.394 e. The van der Waals surface area contributed by atoms with Crippen molar-refractivity contribution in [2.24, 2.45) is 0 Å². The monoisotopic (exact) mass is 990 g/mol. The molecule has 1 amide bonds. The average Bonchev–Trinajstić information content (AvgIpc) is 3.36. The van der Waals surface area contributed by atoms with Crippen molar-refractivity contribution < 1.29 is 25.2 Å². The highest BCUT2D eigenvalue weighted by atomic mass is 16.3. The van der Waals surface area contributed by atoms with Gasteiger partial charge in [-0.05, 0) is 38.5 Å². The Morgan fingerprint density at radius 1 is 0.343 bits per heavy atom. The van der Waals surface area contributed by atoms with E-state index in [4.69, 9.17) is 0 Å². The molecular weight excluding hydrogens is 863 g/mol. The van der Waals surface area contributed by atoms with Crippen molar-refractivity contribution in [1.29, 1.82) is 0 Å². The van der Waals surface area contributed by atoms with Gasteiger partial charge in [-0.2, -0.15) is 0 Å². The van der Waals surface area contributed by atoms with Gasteiger partial charge in [0.1, 0.15) is 12.2 Å². The molecule has 0 rings (SSSR count). The van der Waals surface area contributed by atoms with Gasteiger partial charge < -0.3 is 25.7 Å². The minimum atomic E-state index is -1.26. The third-order valence-electron chi connectivity index (χ3n) is 15.5. The zero-order valence-corrected chi connectivity index (χ0v) is 47.6. The van der Waals surface area contributed by atoms with Gasteiger partial charge in [-0.3, -0.25) is 4.79 Å². The van der Waals surface area contributed by atoms with E-state index in [1.807, 2.05) is 0 Å². The first-order chi connectivity index (χ1) is 34.5. The highest BCUT2D eigenvalue weighted by molar-refractivity contribution is 5.80. The summed E-state index contributed by atoms with van der Waals surface area (Å²) in [6, 6.07) is -0.986. The van der Waals surface area contributed by atoms with Crippen molar-refractivity contribution in [2.75, 3.05) is 6.61 Å². The van der Waals surface area contributed by atoms with Gasteiger partial charge in [-0.25, -0.2) is 0 Å². The van der Waals surface area contributed by atoms with Crippen molar-refractivity contribution in [3.8, 4) is 0 Å². The van der Waals surface area contributed by atoms with E-state index >= 15 is 0 Å². The number of carbonyl (C=O) groups is 1. The first-order valence-electron chi connectivity index (χ1n) is 32.1. The third-order valence-corrected chi connectivity index (χ3v) is 15.5. The molecule has 70 heavy (non-hydrogen) atoms. The lowest BCUT2D eigenvalue weighted by atomic mass is 9.99. The summed E-state index contributed by atoms with van der Waals surface area (Å²) in [6.07, 6.45) is 71.7. The van der Waals surface area contributed by atoms with Gasteiger partial charge in [0.15, 0.2) is 0 Å². The van der Waals surface area contributed by atoms with Gasteiger partial charge >= 0.3 is 0 Å². The van der Waals surface area contributed by atoms with Crippen LogP contribution in [-0.4, -0.2) is 57.3 Å². The Bertz CT molecular complexity index is 1020. The van der Waals surface area contributed by atoms with E-state index in [1.165, 1.54) is 295 Å². The van der Waals surface area contributed by atoms with Crippen LogP contribution < -0.4 is 5.32 Å². The highest BCUT2D eigenvalue weighted by Gasteiger charge is 2.28. The molecule has 4 unspecified atom stereocenters. The van der Waals surface area contributed by atoms with E-state index in [0.29, 0.717) is 12.8 Å². The SMILES string of the molecule is CCCCCCCCCCCCCC/C=C\CCCCCCCCCC(O)C(=O)NC(CO)C(O)C(O)CCCCCCCCCCCCCCCCCCCCCCCCCCCCCCCCC. The van der Waals surface area contributed by atoms with Crippen LogP contribution in [0.25, 0.3) is 0 Å². The van der Waals surface area contributed by atoms with Crippen LogP contribution in [0.4, 0.5) is 0 Å².